The maximum absolute atomic E-state index is 5.85. The van der Waals surface area contributed by atoms with Gasteiger partial charge in [-0.2, -0.15) is 0 Å². The van der Waals surface area contributed by atoms with Crippen LogP contribution in [-0.2, 0) is 0 Å². The Morgan fingerprint density at radius 1 is 0.950 bits per heavy atom. The zero-order valence-electron chi connectivity index (χ0n) is 11.1. The van der Waals surface area contributed by atoms with Crippen molar-refractivity contribution >= 4 is 17.3 Å². The molecular weight excluding hydrogens is 278 g/mol. The first-order valence-corrected chi connectivity index (χ1v) is 6.51. The minimum absolute atomic E-state index is 0.402. The number of halogens is 1. The van der Waals surface area contributed by atoms with Crippen LogP contribution in [0.3, 0.4) is 0 Å². The lowest BCUT2D eigenvalue weighted by molar-refractivity contribution is 0.218. The van der Waals surface area contributed by atoms with Gasteiger partial charge < -0.3 is 19.9 Å². The van der Waals surface area contributed by atoms with E-state index in [0.717, 1.165) is 5.75 Å². The number of nitrogens with two attached hydrogens (primary N) is 1. The van der Waals surface area contributed by atoms with Gasteiger partial charge in [0.15, 0.2) is 0 Å². The molecule has 0 radical (unpaired) electrons. The summed E-state index contributed by atoms with van der Waals surface area (Å²) in [5.41, 5.74) is 6.38. The molecule has 106 valence electrons. The lowest BCUT2D eigenvalue weighted by atomic mass is 10.3. The number of nitrogen functional groups attached to an aromatic ring is 1. The first kappa shape index (κ1) is 14.3. The monoisotopic (exact) mass is 293 g/mol. The van der Waals surface area contributed by atoms with Crippen molar-refractivity contribution < 1.29 is 14.2 Å². The second-order valence-corrected chi connectivity index (χ2v) is 4.49. The summed E-state index contributed by atoms with van der Waals surface area (Å²) in [7, 11) is 1.59. The Labute approximate surface area is 123 Å². The van der Waals surface area contributed by atoms with Crippen molar-refractivity contribution in [2.45, 2.75) is 0 Å². The summed E-state index contributed by atoms with van der Waals surface area (Å²) in [6, 6.07) is 12.5. The van der Waals surface area contributed by atoms with Crippen LogP contribution >= 0.6 is 11.6 Å². The van der Waals surface area contributed by atoms with Crippen LogP contribution in [0.1, 0.15) is 0 Å². The predicted octanol–water partition coefficient (Wildman–Crippen LogP) is 3.39. The van der Waals surface area contributed by atoms with Gasteiger partial charge in [-0.3, -0.25) is 0 Å². The lowest BCUT2D eigenvalue weighted by Crippen LogP contribution is -2.09. The fraction of sp³-hybridized carbons (Fsp3) is 0.200. The number of hydrogen-bond acceptors (Lipinski definition) is 4. The molecule has 5 heteroatoms. The summed E-state index contributed by atoms with van der Waals surface area (Å²) < 4.78 is 16.1. The molecular formula is C15H16ClNO3. The average Bonchev–Trinajstić information content (AvgIpc) is 2.46. The third kappa shape index (κ3) is 3.96. The lowest BCUT2D eigenvalue weighted by Gasteiger charge is -2.11. The van der Waals surface area contributed by atoms with E-state index in [1.54, 1.807) is 37.4 Å². The maximum atomic E-state index is 5.85. The fourth-order valence-corrected chi connectivity index (χ4v) is 1.75. The van der Waals surface area contributed by atoms with E-state index in [4.69, 9.17) is 31.5 Å². The quantitative estimate of drug-likeness (QED) is 0.655. The van der Waals surface area contributed by atoms with E-state index >= 15 is 0 Å². The minimum atomic E-state index is 0.402. The Morgan fingerprint density at radius 2 is 1.60 bits per heavy atom. The topological polar surface area (TPSA) is 53.7 Å². The van der Waals surface area contributed by atoms with E-state index in [1.807, 2.05) is 12.1 Å². The molecule has 2 aromatic rings. The Bertz CT molecular complexity index is 558. The van der Waals surface area contributed by atoms with E-state index in [0.29, 0.717) is 35.4 Å². The second-order valence-electron chi connectivity index (χ2n) is 4.05. The summed E-state index contributed by atoms with van der Waals surface area (Å²) in [4.78, 5) is 0. The van der Waals surface area contributed by atoms with Crippen molar-refractivity contribution in [2.24, 2.45) is 0 Å². The van der Waals surface area contributed by atoms with Gasteiger partial charge in [0.25, 0.3) is 0 Å². The molecule has 0 heterocycles. The molecule has 0 saturated heterocycles. The number of benzene rings is 2. The summed E-state index contributed by atoms with van der Waals surface area (Å²) in [5.74, 6) is 2.07. The number of ether oxygens (including phenoxy) is 3. The number of hydrogen-bond donors (Lipinski definition) is 1. The largest absolute Gasteiger partial charge is 0.497 e. The van der Waals surface area contributed by atoms with Crippen molar-refractivity contribution in [3.05, 3.63) is 47.5 Å². The molecule has 2 aromatic carbocycles. The van der Waals surface area contributed by atoms with Crippen LogP contribution in [0.5, 0.6) is 17.2 Å². The van der Waals surface area contributed by atoms with Gasteiger partial charge in [-0.05, 0) is 36.4 Å². The Balaban J connectivity index is 1.79. The van der Waals surface area contributed by atoms with Crippen molar-refractivity contribution in [3.63, 3.8) is 0 Å². The maximum Gasteiger partial charge on any atom is 0.142 e. The van der Waals surface area contributed by atoms with Crippen molar-refractivity contribution in [1.82, 2.24) is 0 Å². The third-order valence-corrected chi connectivity index (χ3v) is 2.89. The van der Waals surface area contributed by atoms with Crippen LogP contribution in [0.15, 0.2) is 42.5 Å². The smallest absolute Gasteiger partial charge is 0.142 e. The summed E-state index contributed by atoms with van der Waals surface area (Å²) >= 11 is 5.79. The van der Waals surface area contributed by atoms with Gasteiger partial charge in [0, 0.05) is 11.1 Å². The van der Waals surface area contributed by atoms with Crippen LogP contribution in [0.25, 0.3) is 0 Å². The van der Waals surface area contributed by atoms with Gasteiger partial charge in [-0.1, -0.05) is 11.6 Å². The van der Waals surface area contributed by atoms with Crippen molar-refractivity contribution in [3.8, 4) is 17.2 Å². The standard InChI is InChI=1S/C15H16ClNO3/c1-18-13-6-7-15(14(17)10-13)20-9-8-19-12-4-2-11(16)3-5-12/h2-7,10H,8-9,17H2,1H3. The molecule has 0 amide bonds. The Kier molecular flexibility index (Phi) is 4.96. The van der Waals surface area contributed by atoms with Crippen LogP contribution in [-0.4, -0.2) is 20.3 Å². The van der Waals surface area contributed by atoms with Gasteiger partial charge in [0.05, 0.1) is 12.8 Å². The Morgan fingerprint density at radius 3 is 2.25 bits per heavy atom. The average molecular weight is 294 g/mol. The molecule has 0 aromatic heterocycles. The predicted molar refractivity (Wildman–Crippen MR) is 79.8 cm³/mol. The zero-order valence-corrected chi connectivity index (χ0v) is 11.9. The van der Waals surface area contributed by atoms with Gasteiger partial charge in [-0.25, -0.2) is 0 Å². The normalized spacial score (nSPS) is 10.1. The number of rotatable bonds is 6. The van der Waals surface area contributed by atoms with E-state index in [1.165, 1.54) is 0 Å². The molecule has 0 saturated carbocycles. The van der Waals surface area contributed by atoms with Crippen molar-refractivity contribution in [2.75, 3.05) is 26.1 Å². The summed E-state index contributed by atoms with van der Waals surface area (Å²) in [5, 5.41) is 0.680. The molecule has 20 heavy (non-hydrogen) atoms. The highest BCUT2D eigenvalue weighted by atomic mass is 35.5. The molecule has 2 N–H and O–H groups in total. The molecule has 0 aliphatic heterocycles. The first-order chi connectivity index (χ1) is 9.69. The Hall–Kier alpha value is -2.07. The van der Waals surface area contributed by atoms with Gasteiger partial charge in [0.1, 0.15) is 30.5 Å². The van der Waals surface area contributed by atoms with Crippen LogP contribution < -0.4 is 19.9 Å². The molecule has 4 nitrogen and oxygen atoms in total. The molecule has 0 atom stereocenters. The molecule has 2 rings (SSSR count). The van der Waals surface area contributed by atoms with E-state index in [9.17, 15) is 0 Å². The van der Waals surface area contributed by atoms with E-state index in [-0.39, 0.29) is 0 Å². The molecule has 0 aliphatic rings. The summed E-state index contributed by atoms with van der Waals surface area (Å²) in [6.07, 6.45) is 0. The fourth-order valence-electron chi connectivity index (χ4n) is 1.63. The van der Waals surface area contributed by atoms with Gasteiger partial charge in [0.2, 0.25) is 0 Å². The van der Waals surface area contributed by atoms with E-state index in [2.05, 4.69) is 0 Å². The minimum Gasteiger partial charge on any atom is -0.497 e. The van der Waals surface area contributed by atoms with Crippen LogP contribution in [0.2, 0.25) is 5.02 Å². The van der Waals surface area contributed by atoms with E-state index < -0.39 is 0 Å². The van der Waals surface area contributed by atoms with Crippen LogP contribution in [0.4, 0.5) is 5.69 Å². The third-order valence-electron chi connectivity index (χ3n) is 2.64. The highest BCUT2D eigenvalue weighted by molar-refractivity contribution is 6.30. The molecule has 0 bridgehead atoms. The van der Waals surface area contributed by atoms with Crippen molar-refractivity contribution in [1.29, 1.82) is 0 Å². The molecule has 0 fully saturated rings. The molecule has 0 spiro atoms. The van der Waals surface area contributed by atoms with Crippen LogP contribution in [0, 0.1) is 0 Å². The summed E-state index contributed by atoms with van der Waals surface area (Å²) in [6.45, 7) is 0.826. The zero-order chi connectivity index (χ0) is 14.4. The number of anilines is 1. The number of methoxy groups -OCH3 is 1. The van der Waals surface area contributed by atoms with Gasteiger partial charge >= 0.3 is 0 Å². The highest BCUT2D eigenvalue weighted by Gasteiger charge is 2.02. The SMILES string of the molecule is COc1ccc(OCCOc2ccc(Cl)cc2)c(N)c1. The van der Waals surface area contributed by atoms with Gasteiger partial charge in [-0.15, -0.1) is 0 Å². The highest BCUT2D eigenvalue weighted by Crippen LogP contribution is 2.26. The molecule has 0 unspecified atom stereocenters. The second kappa shape index (κ2) is 6.91. The first-order valence-electron chi connectivity index (χ1n) is 6.14. The molecule has 0 aliphatic carbocycles.